The van der Waals surface area contributed by atoms with Crippen molar-refractivity contribution in [1.82, 2.24) is 4.98 Å². The SMILES string of the molecule is CC1(C)Oc2ccc(C#N)cc2C(Nc2ncccc2O)C1O. The maximum atomic E-state index is 10.7. The lowest BCUT2D eigenvalue weighted by Gasteiger charge is -2.42. The first-order valence-corrected chi connectivity index (χ1v) is 7.24. The zero-order valence-corrected chi connectivity index (χ0v) is 12.8. The topological polar surface area (TPSA) is 98.4 Å². The van der Waals surface area contributed by atoms with Crippen LogP contribution in [0.2, 0.25) is 0 Å². The number of benzene rings is 1. The first-order chi connectivity index (χ1) is 10.9. The van der Waals surface area contributed by atoms with Crippen LogP contribution >= 0.6 is 0 Å². The van der Waals surface area contributed by atoms with Crippen LogP contribution in [0.15, 0.2) is 36.5 Å². The van der Waals surface area contributed by atoms with E-state index in [1.165, 1.54) is 6.07 Å². The summed E-state index contributed by atoms with van der Waals surface area (Å²) in [5, 5.41) is 32.8. The number of ether oxygens (including phenoxy) is 1. The van der Waals surface area contributed by atoms with Crippen molar-refractivity contribution in [2.24, 2.45) is 0 Å². The summed E-state index contributed by atoms with van der Waals surface area (Å²) in [5.41, 5.74) is 0.292. The van der Waals surface area contributed by atoms with Crippen LogP contribution in [0, 0.1) is 11.3 Å². The standard InChI is InChI=1S/C17H17N3O3/c1-17(2)15(22)14(20-16-12(21)4-3-7-19-16)11-8-10(9-18)5-6-13(11)23-17/h3-8,14-15,21-22H,1-2H3,(H,19,20). The Balaban J connectivity index is 2.07. The number of nitrogens with zero attached hydrogens (tertiary/aromatic N) is 2. The Morgan fingerprint density at radius 3 is 2.83 bits per heavy atom. The van der Waals surface area contributed by atoms with E-state index >= 15 is 0 Å². The van der Waals surface area contributed by atoms with Gasteiger partial charge in [0.05, 0.1) is 17.7 Å². The van der Waals surface area contributed by atoms with Crippen molar-refractivity contribution >= 4 is 5.82 Å². The van der Waals surface area contributed by atoms with Crippen LogP contribution in [0.5, 0.6) is 11.5 Å². The second-order valence-corrected chi connectivity index (χ2v) is 6.01. The third-order valence-electron chi connectivity index (χ3n) is 3.95. The Morgan fingerprint density at radius 2 is 2.13 bits per heavy atom. The molecule has 0 saturated carbocycles. The first-order valence-electron chi connectivity index (χ1n) is 7.24. The van der Waals surface area contributed by atoms with Crippen molar-refractivity contribution in [3.8, 4) is 17.6 Å². The van der Waals surface area contributed by atoms with Gasteiger partial charge in [-0.3, -0.25) is 0 Å². The van der Waals surface area contributed by atoms with Gasteiger partial charge in [-0.1, -0.05) is 0 Å². The van der Waals surface area contributed by atoms with Gasteiger partial charge in [0, 0.05) is 11.8 Å². The Morgan fingerprint density at radius 1 is 1.35 bits per heavy atom. The lowest BCUT2D eigenvalue weighted by molar-refractivity contribution is -0.0533. The second kappa shape index (κ2) is 5.45. The van der Waals surface area contributed by atoms with Crippen LogP contribution in [0.3, 0.4) is 0 Å². The summed E-state index contributed by atoms with van der Waals surface area (Å²) >= 11 is 0. The fraction of sp³-hybridized carbons (Fsp3) is 0.294. The minimum absolute atomic E-state index is 0.0121. The lowest BCUT2D eigenvalue weighted by atomic mass is 9.86. The summed E-state index contributed by atoms with van der Waals surface area (Å²) in [5.74, 6) is 0.844. The number of hydrogen-bond acceptors (Lipinski definition) is 6. The summed E-state index contributed by atoms with van der Waals surface area (Å²) in [6.07, 6.45) is 0.649. The molecular weight excluding hydrogens is 294 g/mol. The highest BCUT2D eigenvalue weighted by Gasteiger charge is 2.43. The fourth-order valence-corrected chi connectivity index (χ4v) is 2.68. The normalized spacial score (nSPS) is 21.7. The average molecular weight is 311 g/mol. The van der Waals surface area contributed by atoms with E-state index in [-0.39, 0.29) is 11.6 Å². The van der Waals surface area contributed by atoms with Crippen LogP contribution in [0.1, 0.15) is 31.0 Å². The molecule has 1 aromatic carbocycles. The van der Waals surface area contributed by atoms with E-state index in [0.717, 1.165) is 0 Å². The van der Waals surface area contributed by atoms with Crippen LogP contribution in [0.4, 0.5) is 5.82 Å². The number of aliphatic hydroxyl groups is 1. The molecule has 3 N–H and O–H groups in total. The maximum Gasteiger partial charge on any atom is 0.169 e. The third-order valence-corrected chi connectivity index (χ3v) is 3.95. The zero-order chi connectivity index (χ0) is 16.6. The number of pyridine rings is 1. The van der Waals surface area contributed by atoms with Gasteiger partial charge in [0.25, 0.3) is 0 Å². The number of hydrogen-bond donors (Lipinski definition) is 3. The second-order valence-electron chi connectivity index (χ2n) is 6.01. The van der Waals surface area contributed by atoms with E-state index in [0.29, 0.717) is 16.9 Å². The molecule has 6 nitrogen and oxygen atoms in total. The van der Waals surface area contributed by atoms with Gasteiger partial charge in [-0.2, -0.15) is 5.26 Å². The van der Waals surface area contributed by atoms with Gasteiger partial charge in [-0.15, -0.1) is 0 Å². The number of aliphatic hydroxyl groups excluding tert-OH is 1. The van der Waals surface area contributed by atoms with Crippen LogP contribution in [-0.4, -0.2) is 26.9 Å². The van der Waals surface area contributed by atoms with E-state index < -0.39 is 17.7 Å². The van der Waals surface area contributed by atoms with Gasteiger partial charge in [-0.25, -0.2) is 4.98 Å². The Hall–Kier alpha value is -2.78. The van der Waals surface area contributed by atoms with Gasteiger partial charge in [0.15, 0.2) is 11.6 Å². The molecular formula is C17H17N3O3. The number of aromatic hydroxyl groups is 1. The molecule has 2 atom stereocenters. The molecule has 1 aromatic heterocycles. The Kier molecular flexibility index (Phi) is 3.58. The van der Waals surface area contributed by atoms with Crippen molar-refractivity contribution in [3.05, 3.63) is 47.7 Å². The van der Waals surface area contributed by atoms with Gasteiger partial charge < -0.3 is 20.3 Å². The number of nitriles is 1. The number of rotatable bonds is 2. The number of fused-ring (bicyclic) bond motifs is 1. The molecule has 0 spiro atoms. The lowest BCUT2D eigenvalue weighted by Crippen LogP contribution is -2.50. The summed E-state index contributed by atoms with van der Waals surface area (Å²) < 4.78 is 5.85. The van der Waals surface area contributed by atoms with E-state index in [4.69, 9.17) is 10.00 Å². The minimum Gasteiger partial charge on any atom is -0.504 e. The molecule has 2 heterocycles. The highest BCUT2D eigenvalue weighted by Crippen LogP contribution is 2.42. The van der Waals surface area contributed by atoms with Crippen molar-refractivity contribution in [3.63, 3.8) is 0 Å². The molecule has 0 fully saturated rings. The maximum absolute atomic E-state index is 10.7. The molecule has 0 saturated heterocycles. The van der Waals surface area contributed by atoms with Gasteiger partial charge in [0.2, 0.25) is 0 Å². The molecule has 0 radical (unpaired) electrons. The molecule has 2 unspecified atom stereocenters. The van der Waals surface area contributed by atoms with Crippen LogP contribution < -0.4 is 10.1 Å². The molecule has 3 rings (SSSR count). The predicted octanol–water partition coefficient (Wildman–Crippen LogP) is 2.34. The van der Waals surface area contributed by atoms with E-state index in [1.807, 2.05) is 0 Å². The van der Waals surface area contributed by atoms with Crippen molar-refractivity contribution in [1.29, 1.82) is 5.26 Å². The smallest absolute Gasteiger partial charge is 0.169 e. The molecule has 2 aromatic rings. The Bertz CT molecular complexity index is 783. The van der Waals surface area contributed by atoms with Crippen molar-refractivity contribution < 1.29 is 14.9 Å². The molecule has 1 aliphatic heterocycles. The highest BCUT2D eigenvalue weighted by atomic mass is 16.5. The monoisotopic (exact) mass is 311 g/mol. The summed E-state index contributed by atoms with van der Waals surface area (Å²) in [6, 6.07) is 9.70. The van der Waals surface area contributed by atoms with Crippen molar-refractivity contribution in [2.75, 3.05) is 5.32 Å². The molecule has 1 aliphatic rings. The van der Waals surface area contributed by atoms with Gasteiger partial charge in [-0.05, 0) is 44.2 Å². The summed E-state index contributed by atoms with van der Waals surface area (Å²) in [7, 11) is 0. The van der Waals surface area contributed by atoms with E-state index in [1.54, 1.807) is 44.3 Å². The van der Waals surface area contributed by atoms with E-state index in [9.17, 15) is 10.2 Å². The average Bonchev–Trinajstić information content (AvgIpc) is 2.53. The predicted molar refractivity (Wildman–Crippen MR) is 84.1 cm³/mol. The summed E-state index contributed by atoms with van der Waals surface area (Å²) in [6.45, 7) is 3.57. The molecule has 118 valence electrons. The molecule has 0 amide bonds. The fourth-order valence-electron chi connectivity index (χ4n) is 2.68. The number of aromatic nitrogens is 1. The van der Waals surface area contributed by atoms with Crippen LogP contribution in [0.25, 0.3) is 0 Å². The molecule has 0 aliphatic carbocycles. The minimum atomic E-state index is -0.898. The molecule has 0 bridgehead atoms. The van der Waals surface area contributed by atoms with Gasteiger partial charge >= 0.3 is 0 Å². The third kappa shape index (κ3) is 2.67. The van der Waals surface area contributed by atoms with E-state index in [2.05, 4.69) is 16.4 Å². The molecule has 23 heavy (non-hydrogen) atoms. The van der Waals surface area contributed by atoms with Crippen LogP contribution in [-0.2, 0) is 0 Å². The van der Waals surface area contributed by atoms with Gasteiger partial charge in [0.1, 0.15) is 17.5 Å². The highest BCUT2D eigenvalue weighted by molar-refractivity contribution is 5.54. The first kappa shape index (κ1) is 15.1. The molecule has 6 heteroatoms. The zero-order valence-electron chi connectivity index (χ0n) is 12.8. The summed E-state index contributed by atoms with van der Waals surface area (Å²) in [4.78, 5) is 4.09. The Labute approximate surface area is 134 Å². The number of nitrogens with one attached hydrogen (secondary N) is 1. The quantitative estimate of drug-likeness (QED) is 0.787. The number of anilines is 1. The largest absolute Gasteiger partial charge is 0.504 e. The van der Waals surface area contributed by atoms with Crippen molar-refractivity contribution in [2.45, 2.75) is 31.6 Å².